The number of benzene rings is 11. The first-order chi connectivity index (χ1) is 31.7. The second-order valence-electron chi connectivity index (χ2n) is 16.6. The van der Waals surface area contributed by atoms with Crippen LogP contribution in [0.1, 0.15) is 0 Å². The zero-order valence-corrected chi connectivity index (χ0v) is 35.1. The molecular weight excluding hydrogens is 773 g/mol. The number of anilines is 3. The number of hydrogen-bond acceptors (Lipinski definition) is 1. The summed E-state index contributed by atoms with van der Waals surface area (Å²) in [6, 6.07) is 92.7. The van der Waals surface area contributed by atoms with Gasteiger partial charge in [-0.05, 0) is 133 Å². The van der Waals surface area contributed by atoms with Crippen molar-refractivity contribution < 1.29 is 0 Å². The van der Waals surface area contributed by atoms with Crippen LogP contribution in [-0.4, -0.2) is 4.57 Å². The predicted molar refractivity (Wildman–Crippen MR) is 272 cm³/mol. The fraction of sp³-hybridized carbons (Fsp3) is 0. The summed E-state index contributed by atoms with van der Waals surface area (Å²) < 4.78 is 2.42. The van der Waals surface area contributed by atoms with Gasteiger partial charge in [-0.25, -0.2) is 0 Å². The van der Waals surface area contributed by atoms with E-state index in [1.807, 2.05) is 0 Å². The minimum Gasteiger partial charge on any atom is -0.311 e. The van der Waals surface area contributed by atoms with E-state index in [4.69, 9.17) is 0 Å². The van der Waals surface area contributed by atoms with Crippen molar-refractivity contribution in [2.75, 3.05) is 4.90 Å². The molecule has 11 aromatic carbocycles. The van der Waals surface area contributed by atoms with Crippen LogP contribution >= 0.6 is 0 Å². The first-order valence-corrected chi connectivity index (χ1v) is 22.0. The average molecular weight is 815 g/mol. The topological polar surface area (TPSA) is 8.17 Å². The summed E-state index contributed by atoms with van der Waals surface area (Å²) in [4.78, 5) is 2.36. The van der Waals surface area contributed by atoms with E-state index in [2.05, 4.69) is 264 Å². The summed E-state index contributed by atoms with van der Waals surface area (Å²) >= 11 is 0. The maximum atomic E-state index is 2.42. The molecule has 0 amide bonds. The molecule has 0 atom stereocenters. The molecule has 1 aromatic heterocycles. The maximum Gasteiger partial charge on any atom is 0.0541 e. The van der Waals surface area contributed by atoms with Gasteiger partial charge in [-0.2, -0.15) is 0 Å². The van der Waals surface area contributed by atoms with Gasteiger partial charge in [0.05, 0.1) is 16.7 Å². The van der Waals surface area contributed by atoms with Gasteiger partial charge in [-0.3, -0.25) is 0 Å². The van der Waals surface area contributed by atoms with Gasteiger partial charge in [-0.15, -0.1) is 0 Å². The Balaban J connectivity index is 0.905. The minimum absolute atomic E-state index is 1.09. The Labute approximate surface area is 373 Å². The van der Waals surface area contributed by atoms with Gasteiger partial charge in [0.1, 0.15) is 0 Å². The zero-order valence-electron chi connectivity index (χ0n) is 35.1. The minimum atomic E-state index is 1.09. The van der Waals surface area contributed by atoms with E-state index in [1.54, 1.807) is 0 Å². The van der Waals surface area contributed by atoms with E-state index in [1.165, 1.54) is 88.0 Å². The van der Waals surface area contributed by atoms with Gasteiger partial charge < -0.3 is 9.47 Å². The Morgan fingerprint density at radius 3 is 1.16 bits per heavy atom. The Hall–Kier alpha value is -8.46. The average Bonchev–Trinajstić information content (AvgIpc) is 3.71. The lowest BCUT2D eigenvalue weighted by Crippen LogP contribution is -2.09. The number of rotatable bonds is 8. The van der Waals surface area contributed by atoms with Gasteiger partial charge in [-0.1, -0.05) is 182 Å². The van der Waals surface area contributed by atoms with Gasteiger partial charge in [0.25, 0.3) is 0 Å². The van der Waals surface area contributed by atoms with Crippen molar-refractivity contribution in [2.45, 2.75) is 0 Å². The predicted octanol–water partition coefficient (Wildman–Crippen LogP) is 17.2. The summed E-state index contributed by atoms with van der Waals surface area (Å²) in [5.74, 6) is 0. The molecular formula is C62H42N2. The third-order valence-corrected chi connectivity index (χ3v) is 12.8. The van der Waals surface area contributed by atoms with Crippen molar-refractivity contribution >= 4 is 60.4 Å². The molecule has 300 valence electrons. The van der Waals surface area contributed by atoms with Crippen molar-refractivity contribution in [1.29, 1.82) is 0 Å². The van der Waals surface area contributed by atoms with Gasteiger partial charge in [0.2, 0.25) is 0 Å². The van der Waals surface area contributed by atoms with Gasteiger partial charge >= 0.3 is 0 Å². The smallest absolute Gasteiger partial charge is 0.0541 e. The van der Waals surface area contributed by atoms with Crippen LogP contribution < -0.4 is 4.90 Å². The van der Waals surface area contributed by atoms with Crippen LogP contribution in [0.4, 0.5) is 17.1 Å². The largest absolute Gasteiger partial charge is 0.311 e. The molecule has 64 heavy (non-hydrogen) atoms. The monoisotopic (exact) mass is 814 g/mol. The van der Waals surface area contributed by atoms with Crippen LogP contribution in [0.25, 0.3) is 93.5 Å². The molecule has 2 heteroatoms. The third-order valence-electron chi connectivity index (χ3n) is 12.8. The van der Waals surface area contributed by atoms with Crippen LogP contribution in [0.3, 0.4) is 0 Å². The second-order valence-corrected chi connectivity index (χ2v) is 16.6. The Morgan fingerprint density at radius 2 is 0.641 bits per heavy atom. The number of hydrogen-bond donors (Lipinski definition) is 0. The molecule has 12 rings (SSSR count). The SMILES string of the molecule is c1cc(-c2ccc(N(c3ccc(-c4ccc5ccccc5c4)cc3)c3ccc(-c4ccc5ccccc5c4)cc3)cc2)cc(-c2ccccc2-n2c3ccccc3c3ccccc32)c1. The van der Waals surface area contributed by atoms with Crippen LogP contribution in [-0.2, 0) is 0 Å². The number of para-hydroxylation sites is 3. The number of fused-ring (bicyclic) bond motifs is 5. The lowest BCUT2D eigenvalue weighted by atomic mass is 9.97. The normalized spacial score (nSPS) is 11.4. The fourth-order valence-electron chi connectivity index (χ4n) is 9.55. The highest BCUT2D eigenvalue weighted by molar-refractivity contribution is 6.09. The molecule has 1 heterocycles. The van der Waals surface area contributed by atoms with Crippen LogP contribution in [0.15, 0.2) is 255 Å². The summed E-state index contributed by atoms with van der Waals surface area (Å²) in [5, 5.41) is 7.52. The molecule has 0 fully saturated rings. The quantitative estimate of drug-likeness (QED) is 0.148. The van der Waals surface area contributed by atoms with Crippen LogP contribution in [0.5, 0.6) is 0 Å². The molecule has 0 N–H and O–H groups in total. The first kappa shape index (κ1) is 37.3. The highest BCUT2D eigenvalue weighted by Gasteiger charge is 2.17. The molecule has 0 radical (unpaired) electrons. The molecule has 0 aliphatic heterocycles. The molecule has 0 bridgehead atoms. The van der Waals surface area contributed by atoms with E-state index in [9.17, 15) is 0 Å². The number of nitrogens with zero attached hydrogens (tertiary/aromatic N) is 2. The van der Waals surface area contributed by atoms with Gasteiger partial charge in [0, 0.05) is 33.4 Å². The molecule has 0 aliphatic rings. The van der Waals surface area contributed by atoms with E-state index < -0.39 is 0 Å². The van der Waals surface area contributed by atoms with Crippen molar-refractivity contribution in [2.24, 2.45) is 0 Å². The van der Waals surface area contributed by atoms with Gasteiger partial charge in [0.15, 0.2) is 0 Å². The summed E-state index contributed by atoms with van der Waals surface area (Å²) in [6.45, 7) is 0. The summed E-state index contributed by atoms with van der Waals surface area (Å²) in [6.07, 6.45) is 0. The maximum absolute atomic E-state index is 2.42. The first-order valence-electron chi connectivity index (χ1n) is 22.0. The Kier molecular flexibility index (Phi) is 9.20. The number of aromatic nitrogens is 1. The van der Waals surface area contributed by atoms with E-state index >= 15 is 0 Å². The highest BCUT2D eigenvalue weighted by Crippen LogP contribution is 2.40. The lowest BCUT2D eigenvalue weighted by Gasteiger charge is -2.26. The lowest BCUT2D eigenvalue weighted by molar-refractivity contribution is 1.18. The third kappa shape index (κ3) is 6.70. The molecule has 0 unspecified atom stereocenters. The summed E-state index contributed by atoms with van der Waals surface area (Å²) in [7, 11) is 0. The van der Waals surface area contributed by atoms with Crippen molar-refractivity contribution in [3.63, 3.8) is 0 Å². The highest BCUT2D eigenvalue weighted by atomic mass is 15.1. The standard InChI is InChI=1S/C62H42N2/c1-3-14-48-40-51(26-24-43(48)12-1)46-30-36-55(37-31-46)63(56-38-32-47(33-39-56)52-27-25-44-13-2-4-15-49(44)41-52)54-34-28-45(29-35-54)50-16-11-17-53(42-50)57-18-5-8-21-60(57)64-61-22-9-6-19-58(61)59-20-7-10-23-62(59)64/h1-42H. The summed E-state index contributed by atoms with van der Waals surface area (Å²) in [5.41, 5.74) is 16.4. The molecule has 0 spiro atoms. The van der Waals surface area contributed by atoms with Crippen LogP contribution in [0.2, 0.25) is 0 Å². The molecule has 0 saturated heterocycles. The van der Waals surface area contributed by atoms with Crippen molar-refractivity contribution in [1.82, 2.24) is 4.57 Å². The molecule has 12 aromatic rings. The van der Waals surface area contributed by atoms with Crippen molar-refractivity contribution in [3.05, 3.63) is 255 Å². The Morgan fingerprint density at radius 1 is 0.250 bits per heavy atom. The van der Waals surface area contributed by atoms with Crippen LogP contribution in [0, 0.1) is 0 Å². The molecule has 0 aliphatic carbocycles. The molecule has 2 nitrogen and oxygen atoms in total. The van der Waals surface area contributed by atoms with E-state index in [0.29, 0.717) is 0 Å². The zero-order chi connectivity index (χ0) is 42.4. The van der Waals surface area contributed by atoms with Crippen molar-refractivity contribution in [3.8, 4) is 50.2 Å². The Bertz CT molecular complexity index is 3480. The fourth-order valence-corrected chi connectivity index (χ4v) is 9.55. The van der Waals surface area contributed by atoms with E-state index in [-0.39, 0.29) is 0 Å². The molecule has 0 saturated carbocycles. The second kappa shape index (κ2) is 15.8. The van der Waals surface area contributed by atoms with E-state index in [0.717, 1.165) is 22.6 Å².